The molecule has 0 N–H and O–H groups in total. The molecule has 0 bridgehead atoms. The molecule has 0 amide bonds. The second kappa shape index (κ2) is 14.8. The molecule has 4 aromatic carbocycles. The van der Waals surface area contributed by atoms with E-state index in [4.69, 9.17) is 0 Å². The van der Waals surface area contributed by atoms with E-state index in [2.05, 4.69) is 150 Å². The summed E-state index contributed by atoms with van der Waals surface area (Å²) in [5.74, 6) is 0. The van der Waals surface area contributed by atoms with Crippen LogP contribution in [-0.2, 0) is 0 Å². The third kappa shape index (κ3) is 7.58. The van der Waals surface area contributed by atoms with Gasteiger partial charge in [-0.25, -0.2) is 0 Å². The van der Waals surface area contributed by atoms with Gasteiger partial charge in [0.05, 0.1) is 0 Å². The monoisotopic (exact) mass is 584 g/mol. The molecule has 0 nitrogen and oxygen atoms in total. The van der Waals surface area contributed by atoms with E-state index >= 15 is 0 Å². The predicted octanol–water partition coefficient (Wildman–Crippen LogP) is 8.84. The van der Waals surface area contributed by atoms with Crippen molar-refractivity contribution in [3.8, 4) is 0 Å². The zero-order valence-electron chi connectivity index (χ0n) is 26.3. The first-order valence-electron chi connectivity index (χ1n) is 16.1. The first kappa shape index (κ1) is 31.7. The van der Waals surface area contributed by atoms with Gasteiger partial charge in [-0.15, -0.1) is 0 Å². The second-order valence-electron chi connectivity index (χ2n) is 13.3. The predicted molar refractivity (Wildman–Crippen MR) is 194 cm³/mol. The van der Waals surface area contributed by atoms with E-state index in [0.717, 1.165) is 0 Å². The Hall–Kier alpha value is -2.26. The minimum absolute atomic E-state index is 0.367. The summed E-state index contributed by atoms with van der Waals surface area (Å²) in [6.07, 6.45) is 11.5. The molecule has 4 rings (SSSR count). The van der Waals surface area contributed by atoms with Gasteiger partial charge in [-0.05, 0) is 0 Å². The van der Waals surface area contributed by atoms with Crippen LogP contribution < -0.4 is 26.5 Å². The van der Waals surface area contributed by atoms with Crippen LogP contribution in [0.25, 0.3) is 0 Å². The molecule has 0 atom stereocenters. The molecule has 0 saturated heterocycles. The van der Waals surface area contributed by atoms with Crippen molar-refractivity contribution in [1.82, 2.24) is 0 Å². The average Bonchev–Trinajstić information content (AvgIpc) is 3.00. The number of unbranched alkanes of at least 4 members (excludes halogenated alkanes) is 2. The van der Waals surface area contributed by atoms with Gasteiger partial charge in [0.1, 0.15) is 0 Å². The number of benzene rings is 4. The van der Waals surface area contributed by atoms with Gasteiger partial charge in [0.2, 0.25) is 0 Å². The van der Waals surface area contributed by atoms with Crippen LogP contribution in [0, 0.1) is 5.41 Å². The molecule has 4 aromatic rings. The summed E-state index contributed by atoms with van der Waals surface area (Å²) >= 11 is 0. The normalized spacial score (nSPS) is 13.2. The Morgan fingerprint density at radius 3 is 1.41 bits per heavy atom. The third-order valence-electron chi connectivity index (χ3n) is 9.16. The third-order valence-corrected chi connectivity index (χ3v) is 19.5. The topological polar surface area (TPSA) is 0 Å². The van der Waals surface area contributed by atoms with Gasteiger partial charge in [0, 0.05) is 0 Å². The van der Waals surface area contributed by atoms with Crippen molar-refractivity contribution in [3.05, 3.63) is 115 Å². The Labute approximate surface area is 252 Å². The van der Waals surface area contributed by atoms with Crippen molar-refractivity contribution >= 4 is 41.0 Å². The fourth-order valence-corrected chi connectivity index (χ4v) is 17.3. The molecule has 41 heavy (non-hydrogen) atoms. The molecule has 0 aliphatic heterocycles. The Bertz CT molecular complexity index is 1270. The number of hydrogen-bond donors (Lipinski definition) is 0. The van der Waals surface area contributed by atoms with Crippen LogP contribution in [0.2, 0.25) is 0 Å². The summed E-state index contributed by atoms with van der Waals surface area (Å²) in [7, 11) is -4.22. The first-order valence-corrected chi connectivity index (χ1v) is 20.8. The van der Waals surface area contributed by atoms with Crippen molar-refractivity contribution in [3.63, 3.8) is 0 Å². The number of hydrogen-bond acceptors (Lipinski definition) is 0. The summed E-state index contributed by atoms with van der Waals surface area (Å²) < 4.78 is 0. The van der Waals surface area contributed by atoms with Crippen LogP contribution in [0.1, 0.15) is 73.1 Å². The molecule has 2 heteroatoms. The van der Waals surface area contributed by atoms with E-state index in [-0.39, 0.29) is 0 Å². The maximum absolute atomic E-state index is 2.73. The molecular weight excluding hydrogens is 530 g/mol. The van der Waals surface area contributed by atoms with Crippen molar-refractivity contribution < 1.29 is 0 Å². The summed E-state index contributed by atoms with van der Waals surface area (Å²) in [6, 6.07) is 44.9. The van der Waals surface area contributed by atoms with Crippen LogP contribution >= 0.6 is 14.5 Å². The standard InChI is InChI=1S/C39H54P2/c1-6-8-30-40(31-20-29-39(3,4)5,34-21-13-10-14-22-34)37-27-19-28-38(33-37)41(32-9-7-2,35-23-15-11-16-24-35)36-25-17-12-18-26-36/h10-19,21-28,33,40-41H,6-9,20,29-32H2,1-5H3. The molecule has 0 saturated carbocycles. The molecule has 0 spiro atoms. The van der Waals surface area contributed by atoms with Crippen molar-refractivity contribution in [1.29, 1.82) is 0 Å². The van der Waals surface area contributed by atoms with Crippen LogP contribution in [0.4, 0.5) is 0 Å². The molecule has 0 fully saturated rings. The van der Waals surface area contributed by atoms with Gasteiger partial charge >= 0.3 is 253 Å². The second-order valence-corrected chi connectivity index (χ2v) is 21.6. The zero-order valence-corrected chi connectivity index (χ0v) is 28.3. The Kier molecular flexibility index (Phi) is 11.4. The summed E-state index contributed by atoms with van der Waals surface area (Å²) in [5.41, 5.74) is 0.367. The van der Waals surface area contributed by atoms with E-state index in [1.807, 2.05) is 0 Å². The Balaban J connectivity index is 1.95. The van der Waals surface area contributed by atoms with Crippen molar-refractivity contribution in [2.75, 3.05) is 18.5 Å². The van der Waals surface area contributed by atoms with Crippen molar-refractivity contribution in [2.24, 2.45) is 5.41 Å². The molecule has 0 heterocycles. The van der Waals surface area contributed by atoms with Gasteiger partial charge in [-0.2, -0.15) is 0 Å². The average molecular weight is 585 g/mol. The van der Waals surface area contributed by atoms with Gasteiger partial charge in [0.15, 0.2) is 0 Å². The van der Waals surface area contributed by atoms with E-state index in [9.17, 15) is 0 Å². The molecular formula is C39H54P2. The van der Waals surface area contributed by atoms with Gasteiger partial charge in [-0.3, -0.25) is 0 Å². The van der Waals surface area contributed by atoms with Crippen LogP contribution in [-0.4, -0.2) is 18.5 Å². The van der Waals surface area contributed by atoms with Crippen molar-refractivity contribution in [2.45, 2.75) is 73.1 Å². The number of rotatable bonds is 14. The summed E-state index contributed by atoms with van der Waals surface area (Å²) in [5, 5.41) is 7.97. The Morgan fingerprint density at radius 1 is 0.463 bits per heavy atom. The molecule has 0 unspecified atom stereocenters. The quantitative estimate of drug-likeness (QED) is 0.130. The fourth-order valence-electron chi connectivity index (χ4n) is 6.93. The van der Waals surface area contributed by atoms with Gasteiger partial charge in [-0.1, -0.05) is 0 Å². The van der Waals surface area contributed by atoms with E-state index < -0.39 is 14.5 Å². The first-order chi connectivity index (χ1) is 19.9. The van der Waals surface area contributed by atoms with E-state index in [1.54, 1.807) is 26.5 Å². The molecule has 0 aliphatic carbocycles. The molecule has 0 aromatic heterocycles. The van der Waals surface area contributed by atoms with E-state index in [0.29, 0.717) is 5.41 Å². The molecule has 220 valence electrons. The minimum atomic E-state index is -2.23. The Morgan fingerprint density at radius 2 is 0.902 bits per heavy atom. The van der Waals surface area contributed by atoms with Crippen LogP contribution in [0.5, 0.6) is 0 Å². The maximum atomic E-state index is 2.73. The molecule has 0 radical (unpaired) electrons. The summed E-state index contributed by atoms with van der Waals surface area (Å²) in [4.78, 5) is 0. The van der Waals surface area contributed by atoms with Gasteiger partial charge in [0.25, 0.3) is 0 Å². The molecule has 0 aliphatic rings. The van der Waals surface area contributed by atoms with Crippen LogP contribution in [0.3, 0.4) is 0 Å². The van der Waals surface area contributed by atoms with Gasteiger partial charge < -0.3 is 0 Å². The van der Waals surface area contributed by atoms with Crippen LogP contribution in [0.15, 0.2) is 115 Å². The zero-order chi connectivity index (χ0) is 29.2. The van der Waals surface area contributed by atoms with E-state index in [1.165, 1.54) is 57.0 Å². The SMILES string of the molecule is CCCC[PH](CCCC(C)(C)C)(c1ccccc1)c1cccc([PH](CCCC)(c2ccccc2)c2ccccc2)c1. The summed E-state index contributed by atoms with van der Waals surface area (Å²) in [6.45, 7) is 11.9. The fraction of sp³-hybridized carbons (Fsp3) is 0.385.